The number of anilines is 4. The number of benzene rings is 8. The van der Waals surface area contributed by atoms with E-state index in [9.17, 15) is 0 Å². The van der Waals surface area contributed by atoms with Crippen LogP contribution in [0.5, 0.6) is 0 Å². The monoisotopic (exact) mass is 933 g/mol. The predicted molar refractivity (Wildman–Crippen MR) is 308 cm³/mol. The van der Waals surface area contributed by atoms with E-state index in [1.807, 2.05) is 0 Å². The third kappa shape index (κ3) is 8.94. The summed E-state index contributed by atoms with van der Waals surface area (Å²) >= 11 is 0. The van der Waals surface area contributed by atoms with Gasteiger partial charge in [-0.25, -0.2) is 0 Å². The Hall–Kier alpha value is -6.64. The van der Waals surface area contributed by atoms with Crippen molar-refractivity contribution < 1.29 is 0 Å². The lowest BCUT2D eigenvalue weighted by Gasteiger charge is -2.42. The standard InChI is InChI=1S/C35H39N.C34H37N/c1-33(2,3)32-30(23-22-29-31(32)27-16-12-13-17-28(27)35(29,7)8)36(34(4,5)6)26-20-18-25(19-21-26)24-14-10-9-11-15-24;1-23(2)31-30(22-21-29-32(31)27-15-11-12-16-28(27)34(29,6)7)35(33(3,4)5)26-19-17-25(18-20-26)24-13-9-8-10-14-24/h9-23H,1-8H3;8-23H,1-7H3. The topological polar surface area (TPSA) is 6.48 Å². The van der Waals surface area contributed by atoms with E-state index in [2.05, 4.69) is 296 Å². The first-order chi connectivity index (χ1) is 33.5. The van der Waals surface area contributed by atoms with E-state index in [0.717, 1.165) is 0 Å². The van der Waals surface area contributed by atoms with E-state index >= 15 is 0 Å². The summed E-state index contributed by atoms with van der Waals surface area (Å²) in [7, 11) is 0. The first-order valence-corrected chi connectivity index (χ1v) is 26.0. The Kier molecular flexibility index (Phi) is 12.6. The van der Waals surface area contributed by atoms with Crippen molar-refractivity contribution in [2.45, 2.75) is 137 Å². The van der Waals surface area contributed by atoms with Crippen molar-refractivity contribution in [2.75, 3.05) is 9.80 Å². The second-order valence-electron chi connectivity index (χ2n) is 24.4. The SMILES string of the molecule is CC(C)(C)c1c(N(c2ccc(-c3ccccc3)cc2)C(C)(C)C)ccc2c1-c1ccccc1C2(C)C.CC(C)c1c(N(c2ccc(-c3ccccc3)cc2)C(C)(C)C)ccc2c1-c1ccccc1C2(C)C. The van der Waals surface area contributed by atoms with Gasteiger partial charge in [0.1, 0.15) is 0 Å². The van der Waals surface area contributed by atoms with Crippen LogP contribution in [0.1, 0.15) is 143 Å². The summed E-state index contributed by atoms with van der Waals surface area (Å²) in [6.07, 6.45) is 0. The predicted octanol–water partition coefficient (Wildman–Crippen LogP) is 19.6. The van der Waals surface area contributed by atoms with Gasteiger partial charge in [-0.05, 0) is 167 Å². The Labute approximate surface area is 427 Å². The smallest absolute Gasteiger partial charge is 0.0460 e. The van der Waals surface area contributed by atoms with Gasteiger partial charge < -0.3 is 9.80 Å². The lowest BCUT2D eigenvalue weighted by molar-refractivity contribution is 0.543. The molecule has 8 aromatic rings. The summed E-state index contributed by atoms with van der Waals surface area (Å²) in [6, 6.07) is 66.9. The Morgan fingerprint density at radius 3 is 1.11 bits per heavy atom. The molecule has 0 saturated carbocycles. The van der Waals surface area contributed by atoms with Gasteiger partial charge >= 0.3 is 0 Å². The van der Waals surface area contributed by atoms with E-state index in [1.54, 1.807) is 0 Å². The highest BCUT2D eigenvalue weighted by atomic mass is 15.2. The molecule has 0 aliphatic heterocycles. The first-order valence-electron chi connectivity index (χ1n) is 26.0. The normalized spacial score (nSPS) is 14.2. The molecule has 0 unspecified atom stereocenters. The number of fused-ring (bicyclic) bond motifs is 6. The van der Waals surface area contributed by atoms with Gasteiger partial charge in [0.15, 0.2) is 0 Å². The van der Waals surface area contributed by atoms with Crippen molar-refractivity contribution in [2.24, 2.45) is 0 Å². The number of nitrogens with zero attached hydrogens (tertiary/aromatic N) is 2. The van der Waals surface area contributed by atoms with E-state index in [-0.39, 0.29) is 27.3 Å². The summed E-state index contributed by atoms with van der Waals surface area (Å²) in [5, 5.41) is 0. The van der Waals surface area contributed by atoms with Gasteiger partial charge in [0.05, 0.1) is 0 Å². The van der Waals surface area contributed by atoms with Crippen LogP contribution < -0.4 is 9.80 Å². The van der Waals surface area contributed by atoms with Crippen LogP contribution in [0.2, 0.25) is 0 Å². The molecule has 0 aromatic heterocycles. The first kappa shape index (κ1) is 49.3. The van der Waals surface area contributed by atoms with Crippen LogP contribution in [0.4, 0.5) is 22.7 Å². The van der Waals surface area contributed by atoms with Crippen molar-refractivity contribution in [1.29, 1.82) is 0 Å². The highest BCUT2D eigenvalue weighted by Crippen LogP contribution is 2.57. The van der Waals surface area contributed by atoms with E-state index in [1.165, 1.54) is 101 Å². The zero-order valence-corrected chi connectivity index (χ0v) is 45.3. The lowest BCUT2D eigenvalue weighted by atomic mass is 9.77. The van der Waals surface area contributed by atoms with Gasteiger partial charge in [0, 0.05) is 44.7 Å². The highest BCUT2D eigenvalue weighted by molar-refractivity contribution is 5.91. The largest absolute Gasteiger partial charge is 0.336 e. The summed E-state index contributed by atoms with van der Waals surface area (Å²) in [6.45, 7) is 35.1. The van der Waals surface area contributed by atoms with Crippen LogP contribution in [-0.4, -0.2) is 11.1 Å². The molecule has 0 amide bonds. The van der Waals surface area contributed by atoms with E-state index < -0.39 is 0 Å². The molecule has 0 saturated heterocycles. The fourth-order valence-electron chi connectivity index (χ4n) is 12.0. The average Bonchev–Trinajstić information content (AvgIpc) is 3.70. The van der Waals surface area contributed by atoms with Crippen LogP contribution in [-0.2, 0) is 16.2 Å². The molecule has 8 aromatic carbocycles. The van der Waals surface area contributed by atoms with Crippen LogP contribution in [0.3, 0.4) is 0 Å². The summed E-state index contributed by atoms with van der Waals surface area (Å²) in [5.74, 6) is 0.398. The van der Waals surface area contributed by atoms with Gasteiger partial charge in [-0.15, -0.1) is 0 Å². The fourth-order valence-corrected chi connectivity index (χ4v) is 12.0. The van der Waals surface area contributed by atoms with Gasteiger partial charge in [0.25, 0.3) is 0 Å². The molecule has 362 valence electrons. The quantitative estimate of drug-likeness (QED) is 0.157. The molecule has 2 heteroatoms. The molecule has 0 atom stereocenters. The minimum absolute atomic E-state index is 0.00560. The van der Waals surface area contributed by atoms with Crippen LogP contribution >= 0.6 is 0 Å². The molecule has 0 heterocycles. The van der Waals surface area contributed by atoms with E-state index in [0.29, 0.717) is 5.92 Å². The zero-order valence-electron chi connectivity index (χ0n) is 45.3. The van der Waals surface area contributed by atoms with Gasteiger partial charge in [-0.2, -0.15) is 0 Å². The van der Waals surface area contributed by atoms with Crippen LogP contribution in [0.15, 0.2) is 182 Å². The van der Waals surface area contributed by atoms with Crippen molar-refractivity contribution in [3.63, 3.8) is 0 Å². The minimum atomic E-state index is -0.101. The van der Waals surface area contributed by atoms with Crippen LogP contribution in [0.25, 0.3) is 44.5 Å². The lowest BCUT2D eigenvalue weighted by Crippen LogP contribution is -2.39. The Morgan fingerprint density at radius 1 is 0.352 bits per heavy atom. The second kappa shape index (κ2) is 18.2. The molecule has 0 N–H and O–H groups in total. The van der Waals surface area contributed by atoms with Crippen molar-refractivity contribution >= 4 is 22.7 Å². The molecular weight excluding hydrogens is 857 g/mol. The Balaban J connectivity index is 0.000000176. The van der Waals surface area contributed by atoms with E-state index in [4.69, 9.17) is 0 Å². The van der Waals surface area contributed by atoms with Crippen molar-refractivity contribution in [3.05, 3.63) is 215 Å². The van der Waals surface area contributed by atoms with Crippen molar-refractivity contribution in [1.82, 2.24) is 0 Å². The Morgan fingerprint density at radius 2 is 0.704 bits per heavy atom. The molecule has 71 heavy (non-hydrogen) atoms. The maximum atomic E-state index is 2.54. The molecule has 0 bridgehead atoms. The molecule has 2 nitrogen and oxygen atoms in total. The molecule has 2 aliphatic rings. The maximum Gasteiger partial charge on any atom is 0.0460 e. The zero-order chi connectivity index (χ0) is 50.8. The molecule has 0 spiro atoms. The number of hydrogen-bond acceptors (Lipinski definition) is 2. The van der Waals surface area contributed by atoms with Gasteiger partial charge in [0.2, 0.25) is 0 Å². The highest BCUT2D eigenvalue weighted by Gasteiger charge is 2.42. The van der Waals surface area contributed by atoms with Gasteiger partial charge in [-0.3, -0.25) is 0 Å². The third-order valence-electron chi connectivity index (χ3n) is 15.1. The van der Waals surface area contributed by atoms with Crippen LogP contribution in [0, 0.1) is 0 Å². The molecule has 0 fully saturated rings. The molecule has 10 rings (SSSR count). The Bertz CT molecular complexity index is 3180. The molecule has 0 radical (unpaired) electrons. The molecular formula is C69H76N2. The van der Waals surface area contributed by atoms with Gasteiger partial charge in [-0.1, -0.05) is 208 Å². The average molecular weight is 933 g/mol. The summed E-state index contributed by atoms with van der Waals surface area (Å²) in [4.78, 5) is 5.07. The minimum Gasteiger partial charge on any atom is -0.336 e. The summed E-state index contributed by atoms with van der Waals surface area (Å²) in [5.41, 5.74) is 24.1. The summed E-state index contributed by atoms with van der Waals surface area (Å²) < 4.78 is 0. The fraction of sp³-hybridized carbons (Fsp3) is 0.304. The number of hydrogen-bond donors (Lipinski definition) is 0. The van der Waals surface area contributed by atoms with Crippen molar-refractivity contribution in [3.8, 4) is 44.5 Å². The third-order valence-corrected chi connectivity index (χ3v) is 15.1. The maximum absolute atomic E-state index is 2.54. The second-order valence-corrected chi connectivity index (χ2v) is 24.4. The molecule has 2 aliphatic carbocycles. The number of rotatable bonds is 7.